The molecule has 0 N–H and O–H groups in total. The predicted octanol–water partition coefficient (Wildman–Crippen LogP) is 5.49. The van der Waals surface area contributed by atoms with Crippen LogP contribution in [0.4, 0.5) is 0 Å². The van der Waals surface area contributed by atoms with Crippen molar-refractivity contribution in [1.82, 2.24) is 4.90 Å². The Hall–Kier alpha value is -1.36. The van der Waals surface area contributed by atoms with E-state index >= 15 is 0 Å². The molecular weight excluding hydrogens is 378 g/mol. The summed E-state index contributed by atoms with van der Waals surface area (Å²) in [5.74, 6) is 0.123. The summed E-state index contributed by atoms with van der Waals surface area (Å²) in [6, 6.07) is 0. The number of carbonyl (C=O) groups is 2. The van der Waals surface area contributed by atoms with Crippen LogP contribution in [0.3, 0.4) is 0 Å². The van der Waals surface area contributed by atoms with Crippen LogP contribution in [0.25, 0.3) is 0 Å². The van der Waals surface area contributed by atoms with Crippen LogP contribution in [0.15, 0.2) is 12.2 Å². The molecule has 0 amide bonds. The first-order valence-electron chi connectivity index (χ1n) is 11.3. The third-order valence-corrected chi connectivity index (χ3v) is 6.19. The van der Waals surface area contributed by atoms with Crippen LogP contribution in [0.1, 0.15) is 81.1 Å². The number of ether oxygens (including phenoxy) is 2. The zero-order valence-corrected chi connectivity index (χ0v) is 21.3. The van der Waals surface area contributed by atoms with Crippen molar-refractivity contribution in [2.75, 3.05) is 33.9 Å². The van der Waals surface area contributed by atoms with Gasteiger partial charge in [-0.1, -0.05) is 53.7 Å². The molecule has 0 saturated carbocycles. The lowest BCUT2D eigenvalue weighted by atomic mass is 9.73. The average Bonchev–Trinajstić information content (AvgIpc) is 2.62. The van der Waals surface area contributed by atoms with Gasteiger partial charge in [0, 0.05) is 11.8 Å². The van der Waals surface area contributed by atoms with Crippen LogP contribution in [-0.4, -0.2) is 50.7 Å². The molecule has 0 saturated heterocycles. The number of carbonyl (C=O) groups excluding carboxylic acids is 2. The van der Waals surface area contributed by atoms with Gasteiger partial charge in [0.2, 0.25) is 0 Å². The molecule has 0 aromatic heterocycles. The highest BCUT2D eigenvalue weighted by Crippen LogP contribution is 2.38. The first-order chi connectivity index (χ1) is 13.6. The maximum absolute atomic E-state index is 12.7. The maximum atomic E-state index is 12.7. The standard InChI is InChI=1S/C25H47NO4/c1-11-25(8,19-30-21(27)14-12-16-26(9)10)18-24(6,7)22(28)29-17-13-15-23(4,5)20(2)3/h13,15,20H,11-12,14,16-19H2,1-10H3/b15-13-. The highest BCUT2D eigenvalue weighted by Gasteiger charge is 2.38. The van der Waals surface area contributed by atoms with Gasteiger partial charge in [-0.15, -0.1) is 0 Å². The monoisotopic (exact) mass is 425 g/mol. The van der Waals surface area contributed by atoms with Crippen LogP contribution in [-0.2, 0) is 19.1 Å². The predicted molar refractivity (Wildman–Crippen MR) is 124 cm³/mol. The highest BCUT2D eigenvalue weighted by atomic mass is 16.5. The average molecular weight is 426 g/mol. The molecule has 0 heterocycles. The number of allylic oxidation sites excluding steroid dienone is 1. The van der Waals surface area contributed by atoms with E-state index in [1.54, 1.807) is 0 Å². The van der Waals surface area contributed by atoms with Gasteiger partial charge < -0.3 is 14.4 Å². The first-order valence-corrected chi connectivity index (χ1v) is 11.3. The Balaban J connectivity index is 4.69. The molecule has 0 radical (unpaired) electrons. The van der Waals surface area contributed by atoms with E-state index in [9.17, 15) is 9.59 Å². The Morgan fingerprint density at radius 1 is 1.03 bits per heavy atom. The lowest BCUT2D eigenvalue weighted by molar-refractivity contribution is -0.156. The maximum Gasteiger partial charge on any atom is 0.311 e. The molecule has 0 bridgehead atoms. The number of hydrogen-bond acceptors (Lipinski definition) is 5. The van der Waals surface area contributed by atoms with E-state index in [0.29, 0.717) is 25.4 Å². The fraction of sp³-hybridized carbons (Fsp3) is 0.840. The van der Waals surface area contributed by atoms with Crippen molar-refractivity contribution >= 4 is 11.9 Å². The van der Waals surface area contributed by atoms with E-state index < -0.39 is 5.41 Å². The summed E-state index contributed by atoms with van der Waals surface area (Å²) in [5, 5.41) is 0. The van der Waals surface area contributed by atoms with Gasteiger partial charge in [-0.05, 0) is 65.1 Å². The Bertz CT molecular complexity index is 563. The van der Waals surface area contributed by atoms with Crippen molar-refractivity contribution < 1.29 is 19.1 Å². The zero-order valence-electron chi connectivity index (χ0n) is 21.3. The summed E-state index contributed by atoms with van der Waals surface area (Å²) in [5.41, 5.74) is -0.849. The summed E-state index contributed by atoms with van der Waals surface area (Å²) in [6.45, 7) is 18.1. The van der Waals surface area contributed by atoms with Crippen molar-refractivity contribution in [1.29, 1.82) is 0 Å². The minimum Gasteiger partial charge on any atom is -0.465 e. The molecule has 30 heavy (non-hydrogen) atoms. The van der Waals surface area contributed by atoms with Crippen molar-refractivity contribution in [2.45, 2.75) is 81.1 Å². The normalized spacial score (nSPS) is 14.9. The largest absolute Gasteiger partial charge is 0.465 e. The van der Waals surface area contributed by atoms with Crippen molar-refractivity contribution in [3.05, 3.63) is 12.2 Å². The molecule has 1 atom stereocenters. The molecule has 0 aromatic rings. The zero-order chi connectivity index (χ0) is 23.6. The van der Waals surface area contributed by atoms with Crippen molar-refractivity contribution in [3.63, 3.8) is 0 Å². The van der Waals surface area contributed by atoms with E-state index in [4.69, 9.17) is 9.47 Å². The molecule has 5 nitrogen and oxygen atoms in total. The Labute approximate surface area is 185 Å². The third-order valence-electron chi connectivity index (χ3n) is 6.19. The third kappa shape index (κ3) is 11.1. The highest BCUT2D eigenvalue weighted by molar-refractivity contribution is 5.76. The minimum atomic E-state index is -0.649. The molecule has 0 rings (SSSR count). The second-order valence-corrected chi connectivity index (χ2v) is 10.8. The van der Waals surface area contributed by atoms with Gasteiger partial charge in [-0.3, -0.25) is 9.59 Å². The van der Waals surface area contributed by atoms with E-state index in [0.717, 1.165) is 19.4 Å². The summed E-state index contributed by atoms with van der Waals surface area (Å²) in [4.78, 5) is 26.8. The van der Waals surface area contributed by atoms with Crippen LogP contribution >= 0.6 is 0 Å². The topological polar surface area (TPSA) is 55.8 Å². The first kappa shape index (κ1) is 28.6. The van der Waals surface area contributed by atoms with Gasteiger partial charge >= 0.3 is 11.9 Å². The molecule has 1 unspecified atom stereocenters. The molecule has 0 spiro atoms. The van der Waals surface area contributed by atoms with Crippen molar-refractivity contribution in [2.24, 2.45) is 22.2 Å². The second kappa shape index (κ2) is 12.5. The minimum absolute atomic E-state index is 0.0686. The molecule has 0 fully saturated rings. The van der Waals surface area contributed by atoms with Crippen LogP contribution < -0.4 is 0 Å². The van der Waals surface area contributed by atoms with Crippen molar-refractivity contribution in [3.8, 4) is 0 Å². The summed E-state index contributed by atoms with van der Waals surface area (Å²) < 4.78 is 11.1. The van der Waals surface area contributed by atoms with Crippen LogP contribution in [0.2, 0.25) is 0 Å². The molecule has 5 heteroatoms. The number of rotatable bonds is 14. The second-order valence-electron chi connectivity index (χ2n) is 10.8. The van der Waals surface area contributed by atoms with Gasteiger partial charge in [0.05, 0.1) is 12.0 Å². The SMILES string of the molecule is CCC(C)(COC(=O)CCCN(C)C)CC(C)(C)C(=O)OC/C=C\C(C)(C)C(C)C. The van der Waals surface area contributed by atoms with E-state index in [1.165, 1.54) is 0 Å². The Morgan fingerprint density at radius 2 is 1.63 bits per heavy atom. The van der Waals surface area contributed by atoms with Gasteiger partial charge in [-0.25, -0.2) is 0 Å². The van der Waals surface area contributed by atoms with Gasteiger partial charge in [0.25, 0.3) is 0 Å². The van der Waals surface area contributed by atoms with Crippen LogP contribution in [0, 0.1) is 22.2 Å². The summed E-state index contributed by atoms with van der Waals surface area (Å²) in [6.07, 6.45) is 6.67. The Morgan fingerprint density at radius 3 is 2.13 bits per heavy atom. The number of esters is 2. The molecule has 0 aliphatic rings. The summed E-state index contributed by atoms with van der Waals surface area (Å²) >= 11 is 0. The molecule has 0 aliphatic heterocycles. The van der Waals surface area contributed by atoms with E-state index in [-0.39, 0.29) is 29.4 Å². The molecule has 0 aliphatic carbocycles. The lowest BCUT2D eigenvalue weighted by Gasteiger charge is -2.35. The van der Waals surface area contributed by atoms with Gasteiger partial charge in [-0.2, -0.15) is 0 Å². The Kier molecular flexibility index (Phi) is 11.9. The quantitative estimate of drug-likeness (QED) is 0.272. The van der Waals surface area contributed by atoms with Crippen LogP contribution in [0.5, 0.6) is 0 Å². The molecule has 0 aromatic carbocycles. The molecular formula is C25H47NO4. The van der Waals surface area contributed by atoms with E-state index in [1.807, 2.05) is 34.0 Å². The fourth-order valence-electron chi connectivity index (χ4n) is 3.15. The van der Waals surface area contributed by atoms with Gasteiger partial charge in [0.1, 0.15) is 6.61 Å². The summed E-state index contributed by atoms with van der Waals surface area (Å²) in [7, 11) is 3.98. The number of nitrogens with zero attached hydrogens (tertiary/aromatic N) is 1. The van der Waals surface area contributed by atoms with Gasteiger partial charge in [0.15, 0.2) is 0 Å². The molecule has 176 valence electrons. The smallest absolute Gasteiger partial charge is 0.311 e. The van der Waals surface area contributed by atoms with E-state index in [2.05, 4.69) is 52.5 Å². The fourth-order valence-corrected chi connectivity index (χ4v) is 3.15. The lowest BCUT2D eigenvalue weighted by Crippen LogP contribution is -2.36. The number of hydrogen-bond donors (Lipinski definition) is 0.